The first-order valence-electron chi connectivity index (χ1n) is 9.55. The van der Waals surface area contributed by atoms with E-state index in [0.717, 1.165) is 33.5 Å². The normalized spacial score (nSPS) is 12.9. The quantitative estimate of drug-likeness (QED) is 0.315. The summed E-state index contributed by atoms with van der Waals surface area (Å²) in [5.41, 5.74) is 3.65. The molecule has 0 radical (unpaired) electrons. The lowest BCUT2D eigenvalue weighted by Crippen LogP contribution is -2.33. The lowest BCUT2D eigenvalue weighted by atomic mass is 10.1. The number of carbonyl (C=O) groups excluding carboxylic acids is 3. The number of nitrogens with zero attached hydrogens (tertiary/aromatic N) is 5. The maximum absolute atomic E-state index is 12.3. The number of thioether (sulfide) groups is 1. The molecule has 0 fully saturated rings. The maximum atomic E-state index is 12.3. The molecular weight excluding hydrogens is 418 g/mol. The Hall–Kier alpha value is -3.53. The molecule has 2 aromatic carbocycles. The Morgan fingerprint density at radius 3 is 2.48 bits per heavy atom. The molecule has 0 atom stereocenters. The smallest absolute Gasteiger partial charge is 0.316 e. The summed E-state index contributed by atoms with van der Waals surface area (Å²) in [6.07, 6.45) is 0. The Morgan fingerprint density at radius 2 is 1.77 bits per heavy atom. The molecule has 0 bridgehead atoms. The second-order valence-electron chi connectivity index (χ2n) is 6.98. The number of aromatic nitrogens is 4. The number of tetrazole rings is 1. The SMILES string of the molecule is Cc1ccc(C)c(-n2nnnc2SCC(=O)OCCN2C(=O)c3ccccc3C2=O)c1. The first-order valence-corrected chi connectivity index (χ1v) is 10.5. The Bertz CT molecular complexity index is 1140. The van der Waals surface area contributed by atoms with Gasteiger partial charge in [-0.3, -0.25) is 19.3 Å². The minimum Gasteiger partial charge on any atom is -0.463 e. The number of hydrogen-bond acceptors (Lipinski definition) is 8. The molecule has 1 aliphatic rings. The van der Waals surface area contributed by atoms with Gasteiger partial charge in [-0.05, 0) is 53.6 Å². The third kappa shape index (κ3) is 4.19. The van der Waals surface area contributed by atoms with Crippen molar-refractivity contribution in [2.45, 2.75) is 19.0 Å². The average molecular weight is 437 g/mol. The summed E-state index contributed by atoms with van der Waals surface area (Å²) in [5, 5.41) is 12.2. The van der Waals surface area contributed by atoms with E-state index >= 15 is 0 Å². The first kappa shape index (κ1) is 20.7. The fourth-order valence-electron chi connectivity index (χ4n) is 3.23. The van der Waals surface area contributed by atoms with Crippen molar-refractivity contribution < 1.29 is 19.1 Å². The van der Waals surface area contributed by atoms with E-state index in [1.54, 1.807) is 28.9 Å². The van der Waals surface area contributed by atoms with E-state index in [0.29, 0.717) is 16.3 Å². The Kier molecular flexibility index (Phi) is 5.81. The molecule has 1 aromatic heterocycles. The summed E-state index contributed by atoms with van der Waals surface area (Å²) < 4.78 is 6.78. The highest BCUT2D eigenvalue weighted by molar-refractivity contribution is 7.99. The molecule has 2 amide bonds. The summed E-state index contributed by atoms with van der Waals surface area (Å²) in [5.74, 6) is -1.25. The van der Waals surface area contributed by atoms with Crippen LogP contribution in [0, 0.1) is 13.8 Å². The predicted octanol–water partition coefficient (Wildman–Crippen LogP) is 2.21. The van der Waals surface area contributed by atoms with Gasteiger partial charge in [0, 0.05) is 0 Å². The Morgan fingerprint density at radius 1 is 1.06 bits per heavy atom. The molecule has 158 valence electrons. The van der Waals surface area contributed by atoms with Crippen LogP contribution in [-0.2, 0) is 9.53 Å². The van der Waals surface area contributed by atoms with Crippen molar-refractivity contribution in [1.82, 2.24) is 25.1 Å². The molecule has 31 heavy (non-hydrogen) atoms. The van der Waals surface area contributed by atoms with Crippen LogP contribution in [-0.4, -0.2) is 61.8 Å². The molecule has 0 spiro atoms. The van der Waals surface area contributed by atoms with Crippen LogP contribution in [0.2, 0.25) is 0 Å². The molecule has 0 saturated heterocycles. The molecule has 0 N–H and O–H groups in total. The monoisotopic (exact) mass is 437 g/mol. The van der Waals surface area contributed by atoms with Gasteiger partial charge in [-0.2, -0.15) is 4.68 Å². The highest BCUT2D eigenvalue weighted by atomic mass is 32.2. The van der Waals surface area contributed by atoms with E-state index in [1.807, 2.05) is 32.0 Å². The number of esters is 1. The number of fused-ring (bicyclic) bond motifs is 1. The van der Waals surface area contributed by atoms with Gasteiger partial charge in [-0.1, -0.05) is 36.0 Å². The van der Waals surface area contributed by atoms with Crippen LogP contribution < -0.4 is 0 Å². The lowest BCUT2D eigenvalue weighted by Gasteiger charge is -2.13. The molecule has 0 unspecified atom stereocenters. The minimum atomic E-state index is -0.489. The van der Waals surface area contributed by atoms with Crippen LogP contribution in [0.5, 0.6) is 0 Å². The van der Waals surface area contributed by atoms with Crippen molar-refractivity contribution in [2.24, 2.45) is 0 Å². The van der Waals surface area contributed by atoms with Gasteiger partial charge in [0.15, 0.2) is 0 Å². The zero-order valence-electron chi connectivity index (χ0n) is 16.9. The number of rotatable bonds is 7. The number of amides is 2. The van der Waals surface area contributed by atoms with Crippen molar-refractivity contribution in [3.63, 3.8) is 0 Å². The van der Waals surface area contributed by atoms with E-state index in [9.17, 15) is 14.4 Å². The standard InChI is InChI=1S/C21H19N5O4S/c1-13-7-8-14(2)17(11-13)26-21(22-23-24-26)31-12-18(27)30-10-9-25-19(28)15-5-3-4-6-16(15)20(25)29/h3-8,11H,9-10,12H2,1-2H3. The zero-order chi connectivity index (χ0) is 22.0. The van der Waals surface area contributed by atoms with Crippen molar-refractivity contribution in [2.75, 3.05) is 18.9 Å². The molecule has 3 aromatic rings. The van der Waals surface area contributed by atoms with E-state index in [-0.39, 0.29) is 30.7 Å². The van der Waals surface area contributed by atoms with E-state index in [4.69, 9.17) is 4.74 Å². The fraction of sp³-hybridized carbons (Fsp3) is 0.238. The predicted molar refractivity (Wildman–Crippen MR) is 112 cm³/mol. The fourth-order valence-corrected chi connectivity index (χ4v) is 3.91. The third-order valence-electron chi connectivity index (χ3n) is 4.81. The van der Waals surface area contributed by atoms with Gasteiger partial charge in [0.05, 0.1) is 29.1 Å². The number of aryl methyl sites for hydroxylation is 2. The van der Waals surface area contributed by atoms with Gasteiger partial charge in [-0.15, -0.1) is 5.10 Å². The summed E-state index contributed by atoms with van der Waals surface area (Å²) in [4.78, 5) is 37.9. The second-order valence-corrected chi connectivity index (χ2v) is 7.92. The largest absolute Gasteiger partial charge is 0.463 e. The first-order chi connectivity index (χ1) is 15.0. The topological polar surface area (TPSA) is 107 Å². The van der Waals surface area contributed by atoms with Crippen LogP contribution in [0.25, 0.3) is 5.69 Å². The molecule has 10 heteroatoms. The van der Waals surface area contributed by atoms with Crippen molar-refractivity contribution >= 4 is 29.5 Å². The van der Waals surface area contributed by atoms with Crippen LogP contribution >= 0.6 is 11.8 Å². The number of imide groups is 1. The number of carbonyl (C=O) groups is 3. The van der Waals surface area contributed by atoms with Crippen LogP contribution in [0.4, 0.5) is 0 Å². The highest BCUT2D eigenvalue weighted by Gasteiger charge is 2.34. The minimum absolute atomic E-state index is 0.00295. The molecule has 0 aliphatic carbocycles. The van der Waals surface area contributed by atoms with Crippen LogP contribution in [0.1, 0.15) is 31.8 Å². The van der Waals surface area contributed by atoms with E-state index in [2.05, 4.69) is 15.5 Å². The van der Waals surface area contributed by atoms with Gasteiger partial charge in [0.2, 0.25) is 5.16 Å². The average Bonchev–Trinajstić information content (AvgIpc) is 3.33. The number of hydrogen-bond donors (Lipinski definition) is 0. The summed E-state index contributed by atoms with van der Waals surface area (Å²) in [6, 6.07) is 12.6. The van der Waals surface area contributed by atoms with Gasteiger partial charge in [0.25, 0.3) is 11.8 Å². The van der Waals surface area contributed by atoms with E-state index < -0.39 is 5.97 Å². The van der Waals surface area contributed by atoms with Gasteiger partial charge >= 0.3 is 5.97 Å². The Labute approximate surface area is 182 Å². The molecule has 0 saturated carbocycles. The van der Waals surface area contributed by atoms with Gasteiger partial charge in [-0.25, -0.2) is 0 Å². The molecule has 4 rings (SSSR count). The number of benzene rings is 2. The Balaban J connectivity index is 1.31. The van der Waals surface area contributed by atoms with Gasteiger partial charge < -0.3 is 4.74 Å². The summed E-state index contributed by atoms with van der Waals surface area (Å²) in [7, 11) is 0. The number of ether oxygens (including phenoxy) is 1. The van der Waals surface area contributed by atoms with Gasteiger partial charge in [0.1, 0.15) is 6.61 Å². The second kappa shape index (κ2) is 8.68. The highest BCUT2D eigenvalue weighted by Crippen LogP contribution is 2.23. The lowest BCUT2D eigenvalue weighted by molar-refractivity contribution is -0.140. The van der Waals surface area contributed by atoms with E-state index in [1.165, 1.54) is 0 Å². The van der Waals surface area contributed by atoms with Crippen molar-refractivity contribution in [3.05, 3.63) is 64.7 Å². The summed E-state index contributed by atoms with van der Waals surface area (Å²) >= 11 is 1.15. The molecule has 9 nitrogen and oxygen atoms in total. The molecular formula is C21H19N5O4S. The molecule has 2 heterocycles. The summed E-state index contributed by atoms with van der Waals surface area (Å²) in [6.45, 7) is 3.86. The maximum Gasteiger partial charge on any atom is 0.316 e. The zero-order valence-corrected chi connectivity index (χ0v) is 17.8. The molecule has 1 aliphatic heterocycles. The third-order valence-corrected chi connectivity index (χ3v) is 5.70. The van der Waals surface area contributed by atoms with Crippen molar-refractivity contribution in [1.29, 1.82) is 0 Å². The van der Waals surface area contributed by atoms with Crippen LogP contribution in [0.15, 0.2) is 47.6 Å². The van der Waals surface area contributed by atoms with Crippen molar-refractivity contribution in [3.8, 4) is 5.69 Å². The van der Waals surface area contributed by atoms with Crippen LogP contribution in [0.3, 0.4) is 0 Å².